The van der Waals surface area contributed by atoms with Gasteiger partial charge in [-0.2, -0.15) is 0 Å². The summed E-state index contributed by atoms with van der Waals surface area (Å²) in [6.45, 7) is 7.47. The van der Waals surface area contributed by atoms with Gasteiger partial charge in [-0.3, -0.25) is 0 Å². The molecule has 0 aliphatic carbocycles. The van der Waals surface area contributed by atoms with Gasteiger partial charge in [0.25, 0.3) is 0 Å². The molecule has 19 heavy (non-hydrogen) atoms. The number of rotatable bonds is 6. The lowest BCUT2D eigenvalue weighted by Gasteiger charge is -2.19. The van der Waals surface area contributed by atoms with Gasteiger partial charge in [-0.05, 0) is 31.5 Å². The third-order valence-corrected chi connectivity index (χ3v) is 3.39. The van der Waals surface area contributed by atoms with E-state index < -0.39 is 0 Å². The van der Waals surface area contributed by atoms with Gasteiger partial charge in [0.2, 0.25) is 0 Å². The molecule has 1 unspecified atom stereocenters. The van der Waals surface area contributed by atoms with Crippen molar-refractivity contribution in [1.29, 1.82) is 0 Å². The fourth-order valence-corrected chi connectivity index (χ4v) is 2.44. The van der Waals surface area contributed by atoms with Gasteiger partial charge in [-0.25, -0.2) is 0 Å². The summed E-state index contributed by atoms with van der Waals surface area (Å²) < 4.78 is 5.59. The molecular formula is C17H23NO. The molecule has 1 aromatic carbocycles. The summed E-state index contributed by atoms with van der Waals surface area (Å²) in [4.78, 5) is 0. The Bertz CT molecular complexity index is 515. The normalized spacial score (nSPS) is 12.6. The summed E-state index contributed by atoms with van der Waals surface area (Å²) in [5.41, 5.74) is 3.87. The van der Waals surface area contributed by atoms with Crippen LogP contribution in [0, 0.1) is 6.92 Å². The van der Waals surface area contributed by atoms with Crippen LogP contribution in [-0.2, 0) is 6.42 Å². The highest BCUT2D eigenvalue weighted by molar-refractivity contribution is 5.35. The van der Waals surface area contributed by atoms with Crippen LogP contribution in [0.25, 0.3) is 0 Å². The van der Waals surface area contributed by atoms with Crippen molar-refractivity contribution in [2.45, 2.75) is 39.7 Å². The van der Waals surface area contributed by atoms with E-state index in [1.807, 2.05) is 0 Å². The fourth-order valence-electron chi connectivity index (χ4n) is 2.44. The van der Waals surface area contributed by atoms with Gasteiger partial charge in [0.15, 0.2) is 0 Å². The first-order valence-electron chi connectivity index (χ1n) is 7.12. The van der Waals surface area contributed by atoms with Crippen molar-refractivity contribution in [3.05, 3.63) is 59.0 Å². The van der Waals surface area contributed by atoms with Crippen molar-refractivity contribution in [2.24, 2.45) is 0 Å². The lowest BCUT2D eigenvalue weighted by atomic mass is 9.97. The average Bonchev–Trinajstić information content (AvgIpc) is 2.88. The minimum absolute atomic E-state index is 0.230. The van der Waals surface area contributed by atoms with Gasteiger partial charge in [0.1, 0.15) is 5.76 Å². The van der Waals surface area contributed by atoms with Crippen LogP contribution in [0.1, 0.15) is 48.8 Å². The van der Waals surface area contributed by atoms with Gasteiger partial charge < -0.3 is 9.73 Å². The predicted molar refractivity (Wildman–Crippen MR) is 79.4 cm³/mol. The molecule has 2 aromatic rings. The first-order chi connectivity index (χ1) is 9.26. The molecule has 0 bridgehead atoms. The second kappa shape index (κ2) is 6.58. The Labute approximate surface area is 115 Å². The third-order valence-electron chi connectivity index (χ3n) is 3.39. The Kier molecular flexibility index (Phi) is 4.80. The summed E-state index contributed by atoms with van der Waals surface area (Å²) in [6, 6.07) is 11.0. The zero-order chi connectivity index (χ0) is 13.7. The van der Waals surface area contributed by atoms with Crippen LogP contribution in [0.3, 0.4) is 0 Å². The van der Waals surface area contributed by atoms with Crippen molar-refractivity contribution >= 4 is 0 Å². The van der Waals surface area contributed by atoms with E-state index in [0.29, 0.717) is 0 Å². The van der Waals surface area contributed by atoms with Crippen LogP contribution in [0.15, 0.2) is 41.0 Å². The molecule has 1 heterocycles. The van der Waals surface area contributed by atoms with Gasteiger partial charge >= 0.3 is 0 Å². The van der Waals surface area contributed by atoms with E-state index in [2.05, 4.69) is 56.4 Å². The molecule has 102 valence electrons. The molecule has 0 saturated heterocycles. The molecule has 0 saturated carbocycles. The van der Waals surface area contributed by atoms with Crippen molar-refractivity contribution in [2.75, 3.05) is 6.54 Å². The topological polar surface area (TPSA) is 25.2 Å². The lowest BCUT2D eigenvalue weighted by Crippen LogP contribution is -2.23. The van der Waals surface area contributed by atoms with Crippen molar-refractivity contribution in [3.8, 4) is 0 Å². The van der Waals surface area contributed by atoms with Crippen LogP contribution in [0.4, 0.5) is 0 Å². The molecule has 2 rings (SSSR count). The summed E-state index contributed by atoms with van der Waals surface area (Å²) >= 11 is 0. The van der Waals surface area contributed by atoms with Crippen LogP contribution in [0.5, 0.6) is 0 Å². The molecule has 2 heteroatoms. The van der Waals surface area contributed by atoms with Gasteiger partial charge in [0, 0.05) is 12.0 Å². The minimum atomic E-state index is 0.230. The molecule has 0 aliphatic rings. The van der Waals surface area contributed by atoms with Crippen molar-refractivity contribution in [1.82, 2.24) is 5.32 Å². The smallest absolute Gasteiger partial charge is 0.108 e. The largest absolute Gasteiger partial charge is 0.469 e. The Hall–Kier alpha value is -1.54. The van der Waals surface area contributed by atoms with Crippen molar-refractivity contribution < 1.29 is 4.42 Å². The average molecular weight is 257 g/mol. The fraction of sp³-hybridized carbons (Fsp3) is 0.412. The lowest BCUT2D eigenvalue weighted by molar-refractivity contribution is 0.500. The summed E-state index contributed by atoms with van der Waals surface area (Å²) in [7, 11) is 0. The second-order valence-electron chi connectivity index (χ2n) is 4.95. The number of aryl methyl sites for hydroxylation is 2. The molecule has 2 nitrogen and oxygen atoms in total. The zero-order valence-corrected chi connectivity index (χ0v) is 12.1. The summed E-state index contributed by atoms with van der Waals surface area (Å²) in [6.07, 6.45) is 3.85. The van der Waals surface area contributed by atoms with E-state index in [1.165, 1.54) is 16.7 Å². The quantitative estimate of drug-likeness (QED) is 0.837. The van der Waals surface area contributed by atoms with Crippen LogP contribution in [-0.4, -0.2) is 6.54 Å². The van der Waals surface area contributed by atoms with E-state index in [-0.39, 0.29) is 6.04 Å². The van der Waals surface area contributed by atoms with Crippen LogP contribution in [0.2, 0.25) is 0 Å². The molecule has 0 fully saturated rings. The number of furan rings is 1. The molecule has 1 aromatic heterocycles. The molecule has 0 spiro atoms. The highest BCUT2D eigenvalue weighted by atomic mass is 16.3. The van der Waals surface area contributed by atoms with Gasteiger partial charge in [0.05, 0.1) is 12.3 Å². The number of nitrogens with one attached hydrogen (secondary N) is 1. The van der Waals surface area contributed by atoms with Gasteiger partial charge in [-0.15, -0.1) is 0 Å². The Morgan fingerprint density at radius 1 is 1.21 bits per heavy atom. The predicted octanol–water partition coefficient (Wildman–Crippen LogP) is 4.24. The van der Waals surface area contributed by atoms with Crippen LogP contribution >= 0.6 is 0 Å². The molecule has 0 aliphatic heterocycles. The van der Waals surface area contributed by atoms with Crippen LogP contribution < -0.4 is 5.32 Å². The second-order valence-corrected chi connectivity index (χ2v) is 4.95. The third kappa shape index (κ3) is 3.27. The van der Waals surface area contributed by atoms with E-state index in [1.54, 1.807) is 6.26 Å². The van der Waals surface area contributed by atoms with E-state index in [9.17, 15) is 0 Å². The molecule has 0 amide bonds. The Balaban J connectivity index is 2.35. The maximum atomic E-state index is 5.59. The zero-order valence-electron chi connectivity index (χ0n) is 12.1. The van der Waals surface area contributed by atoms with E-state index >= 15 is 0 Å². The minimum Gasteiger partial charge on any atom is -0.469 e. The molecule has 1 N–H and O–H groups in total. The molecular weight excluding hydrogens is 234 g/mol. The summed E-state index contributed by atoms with van der Waals surface area (Å²) in [5.74, 6) is 1.08. The maximum Gasteiger partial charge on any atom is 0.108 e. The first kappa shape index (κ1) is 13.9. The van der Waals surface area contributed by atoms with Gasteiger partial charge in [-0.1, -0.05) is 43.7 Å². The molecule has 0 radical (unpaired) electrons. The standard InChI is InChI=1S/C17H23NO/c1-4-10-18-17(14-8-6-7-13(3)12-14)15-9-11-19-16(15)5-2/h6-9,11-12,17-18H,4-5,10H2,1-3H3. The van der Waals surface area contributed by atoms with E-state index in [0.717, 1.165) is 25.1 Å². The number of hydrogen-bond donors (Lipinski definition) is 1. The summed E-state index contributed by atoms with van der Waals surface area (Å²) in [5, 5.41) is 3.63. The number of hydrogen-bond acceptors (Lipinski definition) is 2. The Morgan fingerprint density at radius 3 is 2.74 bits per heavy atom. The highest BCUT2D eigenvalue weighted by Crippen LogP contribution is 2.27. The SMILES string of the molecule is CCCNC(c1cccc(C)c1)c1ccoc1CC. The van der Waals surface area contributed by atoms with E-state index in [4.69, 9.17) is 4.42 Å². The monoisotopic (exact) mass is 257 g/mol. The Morgan fingerprint density at radius 2 is 2.05 bits per heavy atom. The molecule has 1 atom stereocenters. The maximum absolute atomic E-state index is 5.59. The highest BCUT2D eigenvalue weighted by Gasteiger charge is 2.18. The number of benzene rings is 1. The first-order valence-corrected chi connectivity index (χ1v) is 7.12. The van der Waals surface area contributed by atoms with Crippen molar-refractivity contribution in [3.63, 3.8) is 0 Å².